The molecule has 4 aromatic carbocycles. The molecule has 5 aromatic rings. The van der Waals surface area contributed by atoms with Crippen molar-refractivity contribution in [2.75, 3.05) is 32.7 Å². The highest BCUT2D eigenvalue weighted by atomic mass is 35.5. The van der Waals surface area contributed by atoms with Crippen LogP contribution in [0.1, 0.15) is 88.8 Å². The van der Waals surface area contributed by atoms with Crippen LogP contribution in [-0.2, 0) is 86.4 Å². The molecule has 10 atom stereocenters. The molecule has 22 N–H and O–H groups in total. The van der Waals surface area contributed by atoms with E-state index in [1.165, 1.54) is 29.2 Å². The molecule has 0 bridgehead atoms. The molecule has 1 saturated heterocycles. The minimum atomic E-state index is -2.02. The number of nitrogens with zero attached hydrogens (tertiary/aromatic N) is 1. The highest BCUT2D eigenvalue weighted by Gasteiger charge is 2.41. The van der Waals surface area contributed by atoms with Gasteiger partial charge in [-0.1, -0.05) is 98.2 Å². The summed E-state index contributed by atoms with van der Waals surface area (Å²) in [5.74, 6) is -15.7. The minimum Gasteiger partial charge on any atom is -0.481 e. The average Bonchev–Trinajstić information content (AvgIpc) is 1.50. The molecule has 1 aromatic heterocycles. The lowest BCUT2D eigenvalue weighted by Crippen LogP contribution is -2.61. The van der Waals surface area contributed by atoms with Gasteiger partial charge in [0, 0.05) is 67.9 Å². The highest BCUT2D eigenvalue weighted by Crippen LogP contribution is 2.23. The average molecular weight is 1470 g/mol. The lowest BCUT2D eigenvalue weighted by atomic mass is 9.98. The number of carbonyl (C=O) groups excluding carboxylic acids is 11. The number of para-hydroxylation sites is 1. The predicted molar refractivity (Wildman–Crippen MR) is 379 cm³/mol. The van der Waals surface area contributed by atoms with E-state index in [9.17, 15) is 72.5 Å². The quantitative estimate of drug-likeness (QED) is 0.0116. The van der Waals surface area contributed by atoms with Crippen molar-refractivity contribution < 1.29 is 82.4 Å². The Kier molecular flexibility index (Phi) is 31.3. The van der Waals surface area contributed by atoms with Gasteiger partial charge in [0.2, 0.25) is 65.0 Å². The Morgan fingerprint density at radius 1 is 0.587 bits per heavy atom. The zero-order valence-corrected chi connectivity index (χ0v) is 58.3. The van der Waals surface area contributed by atoms with Crippen LogP contribution in [0.5, 0.6) is 0 Å². The lowest BCUT2D eigenvalue weighted by Gasteiger charge is -2.31. The fourth-order valence-corrected chi connectivity index (χ4v) is 11.8. The lowest BCUT2D eigenvalue weighted by molar-refractivity contribution is -0.145. The van der Waals surface area contributed by atoms with E-state index >= 15 is 4.79 Å². The van der Waals surface area contributed by atoms with Crippen LogP contribution in [0.4, 0.5) is 0 Å². The summed E-state index contributed by atoms with van der Waals surface area (Å²) in [6.45, 7) is 3.14. The molecule has 34 nitrogen and oxygen atoms in total. The number of halogens is 1. The summed E-state index contributed by atoms with van der Waals surface area (Å²) in [5.41, 5.74) is 19.1. The van der Waals surface area contributed by atoms with Gasteiger partial charge in [-0.15, -0.1) is 0 Å². The van der Waals surface area contributed by atoms with Gasteiger partial charge in [0.15, 0.2) is 5.96 Å². The van der Waals surface area contributed by atoms with Crippen molar-refractivity contribution in [2.24, 2.45) is 23.1 Å². The number of aromatic nitrogens is 1. The van der Waals surface area contributed by atoms with Crippen LogP contribution < -0.4 is 75.7 Å². The second-order valence-electron chi connectivity index (χ2n) is 25.4. The molecule has 11 amide bonds. The first-order valence-electron chi connectivity index (χ1n) is 33.6. The molecule has 35 heteroatoms. The van der Waals surface area contributed by atoms with E-state index in [0.29, 0.717) is 39.0 Å². The molecule has 0 saturated carbocycles. The van der Waals surface area contributed by atoms with Gasteiger partial charge in [-0.3, -0.25) is 67.7 Å². The number of aliphatic carboxylic acids is 3. The Morgan fingerprint density at radius 2 is 1.12 bits per heavy atom. The van der Waals surface area contributed by atoms with Crippen molar-refractivity contribution in [3.63, 3.8) is 0 Å². The first-order valence-corrected chi connectivity index (χ1v) is 34.0. The third-order valence-corrected chi connectivity index (χ3v) is 17.1. The number of likely N-dealkylation sites (tertiary alicyclic amines) is 1. The number of aromatic amines is 1. The van der Waals surface area contributed by atoms with Gasteiger partial charge < -0.3 is 101 Å². The predicted octanol–water partition coefficient (Wildman–Crippen LogP) is -1.86. The number of rotatable bonds is 40. The van der Waals surface area contributed by atoms with Crippen LogP contribution in [0.2, 0.25) is 5.02 Å². The SMILES string of the molecule is CC(=O)N[C@@H](CC(=O)NCC(=O)O)C(=O)N[C@H](Cc1ccc(Cl)cc1)C(=O)N[C@@H](Cc1c[nH]c2ccccc12)C(=O)N[C@@H](CC(=O)O)C(=O)N[C@@H](CCN)C(=O)N[C@H](Cc1ccc2ccccc2c1)C(=O)N[C@@H](CC(C)C)C(=O)N[C@@H](CCCNC(=N)N)C(=O)N1CCC[C@H]1C(=O)N[C@@H](CN)C(=O)O. The molecule has 2 heterocycles. The van der Waals surface area contributed by atoms with Crippen molar-refractivity contribution in [3.05, 3.63) is 119 Å². The number of hydrogen-bond donors (Lipinski definition) is 19. The third-order valence-electron chi connectivity index (χ3n) is 16.9. The summed E-state index contributed by atoms with van der Waals surface area (Å²) in [6, 6.07) is 9.82. The smallest absolute Gasteiger partial charge is 0.327 e. The van der Waals surface area contributed by atoms with Gasteiger partial charge in [0.25, 0.3) is 0 Å². The van der Waals surface area contributed by atoms with Gasteiger partial charge in [-0.2, -0.15) is 0 Å². The number of carbonyl (C=O) groups is 14. The Hall–Kier alpha value is -11.3. The summed E-state index contributed by atoms with van der Waals surface area (Å²) in [4.78, 5) is 196. The van der Waals surface area contributed by atoms with Crippen LogP contribution in [-0.4, -0.2) is 207 Å². The number of hydrogen-bond acceptors (Lipinski definition) is 17. The molecular formula is C69H90ClN17O17. The molecule has 1 aliphatic heterocycles. The van der Waals surface area contributed by atoms with Crippen LogP contribution in [0.15, 0.2) is 97.2 Å². The topological polar surface area (TPSA) is 553 Å². The van der Waals surface area contributed by atoms with Crippen molar-refractivity contribution in [3.8, 4) is 0 Å². The minimum absolute atomic E-state index is 0.0404. The Morgan fingerprint density at radius 3 is 1.72 bits per heavy atom. The van der Waals surface area contributed by atoms with Gasteiger partial charge in [-0.25, -0.2) is 4.79 Å². The second kappa shape index (κ2) is 39.8. The molecule has 0 aliphatic carbocycles. The highest BCUT2D eigenvalue weighted by molar-refractivity contribution is 6.30. The van der Waals surface area contributed by atoms with Crippen molar-refractivity contribution >= 4 is 122 Å². The Labute approximate surface area is 602 Å². The zero-order valence-electron chi connectivity index (χ0n) is 57.5. The van der Waals surface area contributed by atoms with Crippen molar-refractivity contribution in [1.82, 2.24) is 68.4 Å². The van der Waals surface area contributed by atoms with E-state index in [0.717, 1.165) is 17.7 Å². The van der Waals surface area contributed by atoms with Crippen LogP contribution in [0.3, 0.4) is 0 Å². The molecular weight excluding hydrogens is 1370 g/mol. The number of carboxylic acid groups (broad SMARTS) is 3. The number of benzene rings is 4. The molecule has 1 aliphatic rings. The number of guanidine groups is 1. The molecule has 560 valence electrons. The summed E-state index contributed by atoms with van der Waals surface area (Å²) in [6.07, 6.45) is -1.08. The van der Waals surface area contributed by atoms with Gasteiger partial charge in [0.1, 0.15) is 67.0 Å². The summed E-state index contributed by atoms with van der Waals surface area (Å²) < 4.78 is 0. The summed E-state index contributed by atoms with van der Waals surface area (Å²) >= 11 is 6.17. The molecule has 1 fully saturated rings. The monoisotopic (exact) mass is 1460 g/mol. The number of H-pyrrole nitrogens is 1. The van der Waals surface area contributed by atoms with E-state index in [4.69, 9.17) is 39.3 Å². The maximum Gasteiger partial charge on any atom is 0.327 e. The van der Waals surface area contributed by atoms with Crippen LogP contribution in [0, 0.1) is 11.3 Å². The fraction of sp³-hybridized carbons (Fsp3) is 0.435. The number of nitrogens with one attached hydrogen (secondary N) is 13. The number of carboxylic acids is 3. The second-order valence-corrected chi connectivity index (χ2v) is 25.9. The molecule has 6 rings (SSSR count). The van der Waals surface area contributed by atoms with Crippen molar-refractivity contribution in [2.45, 2.75) is 152 Å². The van der Waals surface area contributed by atoms with E-state index in [-0.39, 0.29) is 82.9 Å². The van der Waals surface area contributed by atoms with Crippen molar-refractivity contribution in [1.29, 1.82) is 5.41 Å². The first kappa shape index (κ1) is 81.7. The van der Waals surface area contributed by atoms with Crippen LogP contribution >= 0.6 is 11.6 Å². The normalized spacial score (nSPS) is 15.2. The molecule has 0 unspecified atom stereocenters. The third kappa shape index (κ3) is 25.4. The van der Waals surface area contributed by atoms with E-state index < -0.39 is 169 Å². The van der Waals surface area contributed by atoms with Gasteiger partial charge in [-0.05, 0) is 96.6 Å². The van der Waals surface area contributed by atoms with Crippen LogP contribution in [0.25, 0.3) is 21.7 Å². The number of nitrogens with two attached hydrogens (primary N) is 3. The van der Waals surface area contributed by atoms with Gasteiger partial charge in [0.05, 0.1) is 12.8 Å². The van der Waals surface area contributed by atoms with Gasteiger partial charge >= 0.3 is 17.9 Å². The zero-order chi connectivity index (χ0) is 76.3. The Balaban J connectivity index is 1.29. The summed E-state index contributed by atoms with van der Waals surface area (Å²) in [5, 5.41) is 66.6. The fourth-order valence-electron chi connectivity index (χ4n) is 11.7. The molecule has 0 spiro atoms. The Bertz CT molecular complexity index is 3950. The van der Waals surface area contributed by atoms with E-state index in [2.05, 4.69) is 63.5 Å². The van der Waals surface area contributed by atoms with E-state index in [1.807, 2.05) is 18.2 Å². The largest absolute Gasteiger partial charge is 0.481 e. The molecule has 0 radical (unpaired) electrons. The maximum absolute atomic E-state index is 15.0. The standard InChI is InChI=1S/C69H90ClN17O17/c1-36(2)26-48(60(95)80-47(14-8-24-75-69(73)74)67(102)87-25-9-15-55(87)66(101)86-54(33-72)68(103)104)81-62(97)50(29-39-16-19-40-10-4-5-11-41(40)27-39)82-59(94)46(22-23-71)79-65(100)53(32-57(90)91)85-63(98)51(30-42-34-76-45-13-7-6-12-44(42)45)84-61(96)49(28-38-17-20-43(70)21-18-38)83-64(99)52(78-37(3)88)31-56(89)77-35-58(92)93/h4-7,10-13,16-21,27,34,36,46-55,76H,8-9,14-15,22-26,28-33,35,71-72H2,1-3H3,(H,77,89)(H,78,88)(H,79,100)(H,80,95)(H,81,97)(H,82,94)(H,83,99)(H,84,96)(H,85,98)(H,86,101)(H,90,91)(H,92,93)(H,103,104)(H4,73,74,75)/t46-,47-,48-,49+,50+,51-,52-,53-,54-,55-/m0/s1. The van der Waals surface area contributed by atoms with E-state index in [1.54, 1.807) is 68.6 Å². The summed E-state index contributed by atoms with van der Waals surface area (Å²) in [7, 11) is 0. The molecule has 104 heavy (non-hydrogen) atoms. The number of amides is 11. The maximum atomic E-state index is 15.0. The first-order chi connectivity index (χ1) is 49.4. The number of fused-ring (bicyclic) bond motifs is 2.